The van der Waals surface area contributed by atoms with Crippen molar-refractivity contribution in [2.75, 3.05) is 6.54 Å². The Morgan fingerprint density at radius 2 is 2.00 bits per heavy atom. The molecule has 0 radical (unpaired) electrons. The van der Waals surface area contributed by atoms with Gasteiger partial charge in [-0.3, -0.25) is 0 Å². The van der Waals surface area contributed by atoms with Gasteiger partial charge in [0.1, 0.15) is 0 Å². The molecule has 0 aliphatic carbocycles. The lowest BCUT2D eigenvalue weighted by molar-refractivity contribution is 0.160. The summed E-state index contributed by atoms with van der Waals surface area (Å²) in [5, 5.41) is 12.9. The Labute approximate surface area is 72.2 Å². The first-order valence-corrected chi connectivity index (χ1v) is 4.34. The second kappa shape index (κ2) is 3.25. The van der Waals surface area contributed by atoms with E-state index in [1.165, 1.54) is 5.56 Å². The van der Waals surface area contributed by atoms with E-state index in [1.54, 1.807) is 0 Å². The summed E-state index contributed by atoms with van der Waals surface area (Å²) in [6.45, 7) is 0.917. The van der Waals surface area contributed by atoms with Crippen LogP contribution in [0.25, 0.3) is 0 Å². The highest BCUT2D eigenvalue weighted by atomic mass is 16.3. The Balaban J connectivity index is 2.19. The predicted molar refractivity (Wildman–Crippen MR) is 47.8 cm³/mol. The van der Waals surface area contributed by atoms with Gasteiger partial charge < -0.3 is 10.4 Å². The molecule has 0 saturated carbocycles. The monoisotopic (exact) mass is 163 g/mol. The van der Waals surface area contributed by atoms with Crippen molar-refractivity contribution in [3.8, 4) is 0 Å². The molecule has 0 spiro atoms. The first kappa shape index (κ1) is 7.77. The van der Waals surface area contributed by atoms with Crippen molar-refractivity contribution in [1.29, 1.82) is 0 Å². The highest BCUT2D eigenvalue weighted by Gasteiger charge is 2.25. The quantitative estimate of drug-likeness (QED) is 0.649. The standard InChI is InChI=1S/C10H13NO/c12-9-6-7-11-10(9)8-4-2-1-3-5-8/h1-5,9-12H,6-7H2/t9-,10?/m0/s1. The molecular weight excluding hydrogens is 150 g/mol. The van der Waals surface area contributed by atoms with E-state index in [0.717, 1.165) is 13.0 Å². The number of hydrogen-bond acceptors (Lipinski definition) is 2. The number of aliphatic hydroxyl groups is 1. The van der Waals surface area contributed by atoms with E-state index in [1.807, 2.05) is 30.3 Å². The fraction of sp³-hybridized carbons (Fsp3) is 0.400. The van der Waals surface area contributed by atoms with Crippen LogP contribution in [0, 0.1) is 0 Å². The van der Waals surface area contributed by atoms with E-state index in [9.17, 15) is 5.11 Å². The smallest absolute Gasteiger partial charge is 0.0747 e. The van der Waals surface area contributed by atoms with Gasteiger partial charge in [-0.15, -0.1) is 0 Å². The van der Waals surface area contributed by atoms with Crippen LogP contribution in [-0.2, 0) is 0 Å². The molecule has 1 aromatic rings. The molecule has 0 bridgehead atoms. The maximum Gasteiger partial charge on any atom is 0.0747 e. The first-order chi connectivity index (χ1) is 5.88. The molecule has 1 unspecified atom stereocenters. The molecule has 2 atom stereocenters. The summed E-state index contributed by atoms with van der Waals surface area (Å²) >= 11 is 0. The average Bonchev–Trinajstić information content (AvgIpc) is 2.53. The zero-order valence-electron chi connectivity index (χ0n) is 6.90. The molecule has 12 heavy (non-hydrogen) atoms. The minimum atomic E-state index is -0.215. The lowest BCUT2D eigenvalue weighted by Gasteiger charge is -2.14. The van der Waals surface area contributed by atoms with Crippen LogP contribution in [0.3, 0.4) is 0 Å². The number of hydrogen-bond donors (Lipinski definition) is 2. The van der Waals surface area contributed by atoms with Gasteiger partial charge in [0.05, 0.1) is 12.1 Å². The third kappa shape index (κ3) is 1.36. The Bertz CT molecular complexity index is 247. The van der Waals surface area contributed by atoms with E-state index in [-0.39, 0.29) is 12.1 Å². The topological polar surface area (TPSA) is 32.3 Å². The molecule has 2 rings (SSSR count). The normalized spacial score (nSPS) is 29.1. The third-order valence-corrected chi connectivity index (χ3v) is 2.35. The molecule has 1 fully saturated rings. The summed E-state index contributed by atoms with van der Waals surface area (Å²) < 4.78 is 0. The number of aliphatic hydroxyl groups excluding tert-OH is 1. The van der Waals surface area contributed by atoms with Crippen LogP contribution in [0.5, 0.6) is 0 Å². The molecule has 1 aliphatic rings. The van der Waals surface area contributed by atoms with Crippen LogP contribution in [0.2, 0.25) is 0 Å². The molecule has 0 aromatic heterocycles. The largest absolute Gasteiger partial charge is 0.391 e. The first-order valence-electron chi connectivity index (χ1n) is 4.34. The van der Waals surface area contributed by atoms with Crippen LogP contribution >= 0.6 is 0 Å². The van der Waals surface area contributed by atoms with Gasteiger partial charge in [0, 0.05) is 0 Å². The van der Waals surface area contributed by atoms with Gasteiger partial charge in [-0.2, -0.15) is 0 Å². The Morgan fingerprint density at radius 3 is 2.58 bits per heavy atom. The Hall–Kier alpha value is -0.860. The van der Waals surface area contributed by atoms with Gasteiger partial charge in [-0.1, -0.05) is 30.3 Å². The SMILES string of the molecule is O[C@H]1CCNC1c1ccccc1. The summed E-state index contributed by atoms with van der Waals surface area (Å²) in [7, 11) is 0. The Kier molecular flexibility index (Phi) is 2.11. The van der Waals surface area contributed by atoms with Gasteiger partial charge >= 0.3 is 0 Å². The molecule has 1 heterocycles. The van der Waals surface area contributed by atoms with Crippen molar-refractivity contribution >= 4 is 0 Å². The molecular formula is C10H13NO. The van der Waals surface area contributed by atoms with E-state index in [4.69, 9.17) is 0 Å². The van der Waals surface area contributed by atoms with Crippen molar-refractivity contribution in [2.45, 2.75) is 18.6 Å². The minimum Gasteiger partial charge on any atom is -0.391 e. The zero-order chi connectivity index (χ0) is 8.39. The fourth-order valence-electron chi connectivity index (χ4n) is 1.69. The van der Waals surface area contributed by atoms with E-state index in [2.05, 4.69) is 5.32 Å². The van der Waals surface area contributed by atoms with E-state index in [0.29, 0.717) is 0 Å². The molecule has 2 heteroatoms. The molecule has 2 N–H and O–H groups in total. The predicted octanol–water partition coefficient (Wildman–Crippen LogP) is 1.08. The highest BCUT2D eigenvalue weighted by Crippen LogP contribution is 2.22. The van der Waals surface area contributed by atoms with Gasteiger partial charge in [-0.25, -0.2) is 0 Å². The number of nitrogens with one attached hydrogen (secondary N) is 1. The molecule has 2 nitrogen and oxygen atoms in total. The molecule has 1 aromatic carbocycles. The van der Waals surface area contributed by atoms with E-state index < -0.39 is 0 Å². The lowest BCUT2D eigenvalue weighted by atomic mass is 10.0. The Morgan fingerprint density at radius 1 is 1.25 bits per heavy atom. The summed E-state index contributed by atoms with van der Waals surface area (Å²) in [6, 6.07) is 10.2. The second-order valence-electron chi connectivity index (χ2n) is 3.20. The summed E-state index contributed by atoms with van der Waals surface area (Å²) in [5.74, 6) is 0. The molecule has 0 amide bonds. The van der Waals surface area contributed by atoms with Gasteiger partial charge in [0.25, 0.3) is 0 Å². The number of rotatable bonds is 1. The van der Waals surface area contributed by atoms with Crippen molar-refractivity contribution in [2.24, 2.45) is 0 Å². The second-order valence-corrected chi connectivity index (χ2v) is 3.20. The lowest BCUT2D eigenvalue weighted by Crippen LogP contribution is -2.20. The van der Waals surface area contributed by atoms with Crippen LogP contribution in [0.15, 0.2) is 30.3 Å². The van der Waals surface area contributed by atoms with Crippen LogP contribution in [-0.4, -0.2) is 17.8 Å². The van der Waals surface area contributed by atoms with Crippen molar-refractivity contribution < 1.29 is 5.11 Å². The van der Waals surface area contributed by atoms with Gasteiger partial charge in [-0.05, 0) is 18.5 Å². The fourth-order valence-corrected chi connectivity index (χ4v) is 1.69. The third-order valence-electron chi connectivity index (χ3n) is 2.35. The van der Waals surface area contributed by atoms with Crippen LogP contribution < -0.4 is 5.32 Å². The van der Waals surface area contributed by atoms with Gasteiger partial charge in [0.15, 0.2) is 0 Å². The van der Waals surface area contributed by atoms with Crippen molar-refractivity contribution in [1.82, 2.24) is 5.32 Å². The average molecular weight is 163 g/mol. The molecule has 1 saturated heterocycles. The minimum absolute atomic E-state index is 0.145. The van der Waals surface area contributed by atoms with E-state index >= 15 is 0 Å². The molecule has 64 valence electrons. The zero-order valence-corrected chi connectivity index (χ0v) is 6.90. The highest BCUT2D eigenvalue weighted by molar-refractivity contribution is 5.21. The summed E-state index contributed by atoms with van der Waals surface area (Å²) in [5.41, 5.74) is 1.18. The van der Waals surface area contributed by atoms with Gasteiger partial charge in [0.2, 0.25) is 0 Å². The van der Waals surface area contributed by atoms with Crippen LogP contribution in [0.4, 0.5) is 0 Å². The maximum absolute atomic E-state index is 9.58. The maximum atomic E-state index is 9.58. The van der Waals surface area contributed by atoms with Crippen LogP contribution in [0.1, 0.15) is 18.0 Å². The molecule has 1 aliphatic heterocycles. The summed E-state index contributed by atoms with van der Waals surface area (Å²) in [4.78, 5) is 0. The van der Waals surface area contributed by atoms with Crippen molar-refractivity contribution in [3.63, 3.8) is 0 Å². The van der Waals surface area contributed by atoms with Crippen molar-refractivity contribution in [3.05, 3.63) is 35.9 Å². The number of benzene rings is 1. The summed E-state index contributed by atoms with van der Waals surface area (Å²) in [6.07, 6.45) is 0.645.